The van der Waals surface area contributed by atoms with Gasteiger partial charge in [-0.25, -0.2) is 0 Å². The summed E-state index contributed by atoms with van der Waals surface area (Å²) >= 11 is 6.95. The number of nitrogens with one attached hydrogen (secondary N) is 1. The van der Waals surface area contributed by atoms with Crippen molar-refractivity contribution in [2.24, 2.45) is 17.6 Å². The van der Waals surface area contributed by atoms with Gasteiger partial charge in [0.15, 0.2) is 11.6 Å². The highest BCUT2D eigenvalue weighted by Crippen LogP contribution is 2.47. The number of halogens is 2. The number of allylic oxidation sites excluding steroid dienone is 4. The zero-order valence-corrected chi connectivity index (χ0v) is 19.2. The second-order valence-electron chi connectivity index (χ2n) is 6.98. The summed E-state index contributed by atoms with van der Waals surface area (Å²) in [5, 5.41) is 3.22. The summed E-state index contributed by atoms with van der Waals surface area (Å²) in [4.78, 5) is 27.0. The minimum absolute atomic E-state index is 0.0946. The third-order valence-electron chi connectivity index (χ3n) is 5.49. The summed E-state index contributed by atoms with van der Waals surface area (Å²) in [5.74, 6) is -1.66. The van der Waals surface area contributed by atoms with Gasteiger partial charge in [0.1, 0.15) is 0 Å². The lowest BCUT2D eigenvalue weighted by atomic mass is 9.64. The highest BCUT2D eigenvalue weighted by Gasteiger charge is 2.53. The third-order valence-corrected chi connectivity index (χ3v) is 6.84. The molecule has 0 aromatic carbocycles. The van der Waals surface area contributed by atoms with Gasteiger partial charge in [0.05, 0.1) is 24.0 Å². The number of methoxy groups -OCH3 is 2. The van der Waals surface area contributed by atoms with Crippen LogP contribution in [0, 0.1) is 11.8 Å². The van der Waals surface area contributed by atoms with Gasteiger partial charge in [0, 0.05) is 46.9 Å². The van der Waals surface area contributed by atoms with Gasteiger partial charge in [-0.05, 0) is 24.3 Å². The number of nitrogens with two attached hydrogens (primary N) is 1. The highest BCUT2D eigenvalue weighted by atomic mass is 79.9. The van der Waals surface area contributed by atoms with Gasteiger partial charge >= 0.3 is 0 Å². The van der Waals surface area contributed by atoms with Gasteiger partial charge in [-0.15, -0.1) is 0 Å². The van der Waals surface area contributed by atoms with Crippen LogP contribution in [0.15, 0.2) is 43.9 Å². The maximum absolute atomic E-state index is 13.6. The molecule has 5 unspecified atom stereocenters. The number of fused-ring (bicyclic) bond motifs is 2. The quantitative estimate of drug-likeness (QED) is 0.563. The van der Waals surface area contributed by atoms with Gasteiger partial charge in [-0.1, -0.05) is 44.9 Å². The van der Waals surface area contributed by atoms with Crippen LogP contribution in [0.25, 0.3) is 0 Å². The first-order chi connectivity index (χ1) is 13.4. The smallest absolute Gasteiger partial charge is 0.188 e. The van der Waals surface area contributed by atoms with Crippen LogP contribution in [0.4, 0.5) is 0 Å². The minimum Gasteiger partial charge on any atom is -0.376 e. The van der Waals surface area contributed by atoms with Crippen LogP contribution in [0.5, 0.6) is 0 Å². The first kappa shape index (κ1) is 21.8. The van der Waals surface area contributed by atoms with E-state index >= 15 is 0 Å². The number of ether oxygens (including phenoxy) is 2. The molecule has 1 fully saturated rings. The topological polar surface area (TPSA) is 90.6 Å². The van der Waals surface area contributed by atoms with Crippen molar-refractivity contribution >= 4 is 43.4 Å². The predicted octanol–water partition coefficient (Wildman–Crippen LogP) is 2.15. The second-order valence-corrected chi connectivity index (χ2v) is 8.69. The molecule has 28 heavy (non-hydrogen) atoms. The van der Waals surface area contributed by atoms with E-state index in [4.69, 9.17) is 15.2 Å². The molecule has 0 aromatic heterocycles. The van der Waals surface area contributed by atoms with E-state index in [0.717, 1.165) is 12.1 Å². The van der Waals surface area contributed by atoms with E-state index < -0.39 is 24.0 Å². The highest BCUT2D eigenvalue weighted by molar-refractivity contribution is 9.12. The van der Waals surface area contributed by atoms with Gasteiger partial charge in [0.25, 0.3) is 0 Å². The van der Waals surface area contributed by atoms with E-state index in [1.165, 1.54) is 7.11 Å². The number of ketones is 2. The van der Waals surface area contributed by atoms with Crippen molar-refractivity contribution in [1.82, 2.24) is 5.32 Å². The molecular weight excluding hydrogens is 492 g/mol. The summed E-state index contributed by atoms with van der Waals surface area (Å²) in [6, 6.07) is -0.338. The SMILES string of the molecule is CCNCC(N)C1=CC(Br)=C2C(=O)C3=C(Br)C=CC(OC)C3C(=O)C2C1OC. The normalized spacial score (nSPS) is 31.0. The van der Waals surface area contributed by atoms with E-state index in [0.29, 0.717) is 26.7 Å². The van der Waals surface area contributed by atoms with Crippen LogP contribution >= 0.6 is 31.9 Å². The Morgan fingerprint density at radius 2 is 1.82 bits per heavy atom. The van der Waals surface area contributed by atoms with E-state index in [-0.39, 0.29) is 17.6 Å². The molecule has 3 N–H and O–H groups in total. The summed E-state index contributed by atoms with van der Waals surface area (Å²) in [5.41, 5.74) is 8.01. The van der Waals surface area contributed by atoms with Crippen molar-refractivity contribution in [2.45, 2.75) is 25.2 Å². The fourth-order valence-corrected chi connectivity index (χ4v) is 5.42. The zero-order chi connectivity index (χ0) is 20.6. The minimum atomic E-state index is -0.724. The van der Waals surface area contributed by atoms with Gasteiger partial charge in [0.2, 0.25) is 0 Å². The Balaban J connectivity index is 2.12. The Morgan fingerprint density at radius 1 is 1.14 bits per heavy atom. The summed E-state index contributed by atoms with van der Waals surface area (Å²) < 4.78 is 12.4. The number of hydrogen-bond donors (Lipinski definition) is 2. The Labute approximate surface area is 181 Å². The lowest BCUT2D eigenvalue weighted by Crippen LogP contribution is -2.52. The Bertz CT molecular complexity index is 815. The molecule has 6 nitrogen and oxygen atoms in total. The van der Waals surface area contributed by atoms with Crippen LogP contribution in [0.1, 0.15) is 6.92 Å². The van der Waals surface area contributed by atoms with Crippen molar-refractivity contribution in [3.8, 4) is 0 Å². The predicted molar refractivity (Wildman–Crippen MR) is 114 cm³/mol. The standard InChI is InChI=1S/C20H24Br2N2O4/c1-4-24-8-12(23)9-7-11(22)15-17(20(9)28-3)19(26)16-13(27-2)6-5-10(21)14(16)18(15)25/h5-7,12-13,16-17,20,24H,4,8,23H2,1-3H3. The Morgan fingerprint density at radius 3 is 2.43 bits per heavy atom. The summed E-state index contributed by atoms with van der Waals surface area (Å²) in [6.07, 6.45) is 4.31. The number of carbonyl (C=O) groups excluding carboxylic acids is 2. The van der Waals surface area contributed by atoms with E-state index in [9.17, 15) is 9.59 Å². The van der Waals surface area contributed by atoms with Gasteiger partial charge < -0.3 is 20.5 Å². The largest absolute Gasteiger partial charge is 0.376 e. The number of likely N-dealkylation sites (N-methyl/N-ethyl adjacent to an activating group) is 1. The molecule has 1 saturated carbocycles. The van der Waals surface area contributed by atoms with Crippen molar-refractivity contribution in [3.63, 3.8) is 0 Å². The van der Waals surface area contributed by atoms with Crippen LogP contribution in [0.3, 0.4) is 0 Å². The summed E-state index contributed by atoms with van der Waals surface area (Å²) in [6.45, 7) is 3.34. The molecule has 0 spiro atoms. The van der Waals surface area contributed by atoms with E-state index in [2.05, 4.69) is 37.2 Å². The van der Waals surface area contributed by atoms with Crippen molar-refractivity contribution in [2.75, 3.05) is 27.3 Å². The lowest BCUT2D eigenvalue weighted by Gasteiger charge is -2.42. The Kier molecular flexibility index (Phi) is 6.89. The molecule has 0 bridgehead atoms. The third kappa shape index (κ3) is 3.55. The molecule has 152 valence electrons. The average molecular weight is 516 g/mol. The number of Topliss-reactive ketones (excluding diaryl/α,β-unsaturated/α-hetero) is 2. The molecule has 0 aliphatic heterocycles. The second kappa shape index (κ2) is 8.85. The molecule has 5 atom stereocenters. The lowest BCUT2D eigenvalue weighted by molar-refractivity contribution is -0.136. The molecule has 0 radical (unpaired) electrons. The van der Waals surface area contributed by atoms with E-state index in [1.807, 2.05) is 13.0 Å². The molecule has 0 saturated heterocycles. The molecule has 0 aromatic rings. The first-order valence-electron chi connectivity index (χ1n) is 9.16. The molecule has 0 amide bonds. The van der Waals surface area contributed by atoms with Crippen molar-refractivity contribution < 1.29 is 19.1 Å². The zero-order valence-electron chi connectivity index (χ0n) is 16.0. The molecule has 3 aliphatic carbocycles. The fourth-order valence-electron chi connectivity index (χ4n) is 4.15. The summed E-state index contributed by atoms with van der Waals surface area (Å²) in [7, 11) is 3.08. The molecule has 0 heterocycles. The first-order valence-corrected chi connectivity index (χ1v) is 10.7. The number of carbonyl (C=O) groups is 2. The Hall–Kier alpha value is -0.900. The van der Waals surface area contributed by atoms with Crippen LogP contribution in [0.2, 0.25) is 0 Å². The maximum Gasteiger partial charge on any atom is 0.188 e. The van der Waals surface area contributed by atoms with Crippen LogP contribution in [-0.4, -0.2) is 57.1 Å². The average Bonchev–Trinajstić information content (AvgIpc) is 2.69. The van der Waals surface area contributed by atoms with Crippen LogP contribution in [-0.2, 0) is 19.1 Å². The molecule has 8 heteroatoms. The number of hydrogen-bond acceptors (Lipinski definition) is 6. The number of rotatable bonds is 6. The maximum atomic E-state index is 13.6. The molecular formula is C20H24Br2N2O4. The van der Waals surface area contributed by atoms with Gasteiger partial charge in [-0.2, -0.15) is 0 Å². The van der Waals surface area contributed by atoms with Crippen LogP contribution < -0.4 is 11.1 Å². The molecule has 3 rings (SSSR count). The van der Waals surface area contributed by atoms with Gasteiger partial charge in [-0.3, -0.25) is 9.59 Å². The fraction of sp³-hybridized carbons (Fsp3) is 0.500. The van der Waals surface area contributed by atoms with Crippen molar-refractivity contribution in [3.05, 3.63) is 43.9 Å². The van der Waals surface area contributed by atoms with Crippen molar-refractivity contribution in [1.29, 1.82) is 0 Å². The molecule has 3 aliphatic rings. The monoisotopic (exact) mass is 514 g/mol. The van der Waals surface area contributed by atoms with E-state index in [1.54, 1.807) is 19.3 Å².